The molecule has 2 atom stereocenters. The maximum Gasteiger partial charge on any atom is 0.0488 e. The van der Waals surface area contributed by atoms with Crippen molar-refractivity contribution >= 4 is 0 Å². The highest BCUT2D eigenvalue weighted by atomic mass is 16.5. The van der Waals surface area contributed by atoms with Gasteiger partial charge in [0.05, 0.1) is 0 Å². The summed E-state index contributed by atoms with van der Waals surface area (Å²) in [5.41, 5.74) is 10.0. The summed E-state index contributed by atoms with van der Waals surface area (Å²) >= 11 is 0. The Labute approximate surface area is 98.8 Å². The van der Waals surface area contributed by atoms with Gasteiger partial charge in [-0.3, -0.25) is 0 Å². The summed E-state index contributed by atoms with van der Waals surface area (Å²) in [6.45, 7) is 7.17. The Bertz CT molecular complexity index is 315. The van der Waals surface area contributed by atoms with Crippen molar-refractivity contribution < 1.29 is 4.74 Å². The molecule has 0 aliphatic heterocycles. The van der Waals surface area contributed by atoms with Crippen molar-refractivity contribution in [3.63, 3.8) is 0 Å². The third-order valence-corrected chi connectivity index (χ3v) is 2.78. The second-order valence-corrected chi connectivity index (χ2v) is 4.82. The minimum Gasteiger partial charge on any atom is -0.384 e. The quantitative estimate of drug-likeness (QED) is 0.829. The maximum atomic E-state index is 6.21. The molecule has 1 aromatic rings. The first-order chi connectivity index (χ1) is 7.52. The first-order valence-electron chi connectivity index (χ1n) is 5.85. The van der Waals surface area contributed by atoms with E-state index in [2.05, 4.69) is 39.0 Å². The smallest absolute Gasteiger partial charge is 0.0488 e. The van der Waals surface area contributed by atoms with Crippen molar-refractivity contribution in [1.29, 1.82) is 0 Å². The average molecular weight is 221 g/mol. The number of ether oxygens (including phenoxy) is 1. The Kier molecular flexibility index (Phi) is 4.97. The van der Waals surface area contributed by atoms with Gasteiger partial charge in [0.25, 0.3) is 0 Å². The molecule has 90 valence electrons. The summed E-state index contributed by atoms with van der Waals surface area (Å²) in [5, 5.41) is 0. The van der Waals surface area contributed by atoms with Crippen LogP contribution in [0.25, 0.3) is 0 Å². The van der Waals surface area contributed by atoms with Crippen LogP contribution < -0.4 is 5.73 Å². The van der Waals surface area contributed by atoms with Gasteiger partial charge in [-0.1, -0.05) is 36.2 Å². The van der Waals surface area contributed by atoms with Crippen molar-refractivity contribution in [3.8, 4) is 0 Å². The monoisotopic (exact) mass is 221 g/mol. The van der Waals surface area contributed by atoms with Gasteiger partial charge in [0.15, 0.2) is 0 Å². The largest absolute Gasteiger partial charge is 0.384 e. The second-order valence-electron chi connectivity index (χ2n) is 4.82. The SMILES string of the molecule is COCC(C)CC(N)c1cc(C)cc(C)c1. The zero-order valence-corrected chi connectivity index (χ0v) is 10.8. The van der Waals surface area contributed by atoms with Crippen LogP contribution in [-0.4, -0.2) is 13.7 Å². The van der Waals surface area contributed by atoms with Crippen molar-refractivity contribution in [1.82, 2.24) is 0 Å². The summed E-state index contributed by atoms with van der Waals surface area (Å²) in [5.74, 6) is 0.501. The zero-order chi connectivity index (χ0) is 12.1. The van der Waals surface area contributed by atoms with Crippen LogP contribution in [0.2, 0.25) is 0 Å². The van der Waals surface area contributed by atoms with E-state index in [1.54, 1.807) is 7.11 Å². The molecule has 0 radical (unpaired) electrons. The minimum atomic E-state index is 0.115. The molecule has 2 heteroatoms. The van der Waals surface area contributed by atoms with Gasteiger partial charge in [0, 0.05) is 19.8 Å². The van der Waals surface area contributed by atoms with Crippen molar-refractivity contribution in [2.45, 2.75) is 33.2 Å². The molecule has 0 saturated carbocycles. The summed E-state index contributed by atoms with van der Waals surface area (Å²) in [6, 6.07) is 6.65. The van der Waals surface area contributed by atoms with Crippen LogP contribution in [-0.2, 0) is 4.74 Å². The molecular formula is C14H23NO. The van der Waals surface area contributed by atoms with Crippen LogP contribution in [0, 0.1) is 19.8 Å². The molecule has 1 aromatic carbocycles. The van der Waals surface area contributed by atoms with E-state index in [0.29, 0.717) is 5.92 Å². The van der Waals surface area contributed by atoms with Crippen molar-refractivity contribution in [2.75, 3.05) is 13.7 Å². The molecule has 2 unspecified atom stereocenters. The first-order valence-corrected chi connectivity index (χ1v) is 5.85. The van der Waals surface area contributed by atoms with E-state index in [1.165, 1.54) is 16.7 Å². The Morgan fingerprint density at radius 2 is 1.75 bits per heavy atom. The molecule has 16 heavy (non-hydrogen) atoms. The Morgan fingerprint density at radius 3 is 2.25 bits per heavy atom. The highest BCUT2D eigenvalue weighted by molar-refractivity contribution is 5.30. The van der Waals surface area contributed by atoms with Gasteiger partial charge >= 0.3 is 0 Å². The molecule has 0 fully saturated rings. The number of methoxy groups -OCH3 is 1. The molecule has 0 bridgehead atoms. The summed E-state index contributed by atoms with van der Waals surface area (Å²) in [4.78, 5) is 0. The van der Waals surface area contributed by atoms with Gasteiger partial charge in [-0.2, -0.15) is 0 Å². The molecule has 1 rings (SSSR count). The standard InChI is InChI=1S/C14H23NO/c1-10-5-11(2)7-13(6-10)14(15)8-12(3)9-16-4/h5-7,12,14H,8-9,15H2,1-4H3. The molecule has 0 aliphatic rings. The predicted octanol–water partition coefficient (Wildman–Crippen LogP) is 2.98. The van der Waals surface area contributed by atoms with Crippen LogP contribution in [0.3, 0.4) is 0 Å². The van der Waals surface area contributed by atoms with E-state index in [-0.39, 0.29) is 6.04 Å². The molecule has 0 heterocycles. The van der Waals surface area contributed by atoms with Gasteiger partial charge in [-0.25, -0.2) is 0 Å². The van der Waals surface area contributed by atoms with Gasteiger partial charge in [-0.15, -0.1) is 0 Å². The van der Waals surface area contributed by atoms with E-state index in [0.717, 1.165) is 13.0 Å². The average Bonchev–Trinajstić information content (AvgIpc) is 2.16. The number of hydrogen-bond acceptors (Lipinski definition) is 2. The molecule has 0 saturated heterocycles. The molecule has 0 aliphatic carbocycles. The van der Waals surface area contributed by atoms with Gasteiger partial charge in [-0.05, 0) is 31.7 Å². The number of nitrogens with two attached hydrogens (primary N) is 1. The normalized spacial score (nSPS) is 14.8. The van der Waals surface area contributed by atoms with Crippen LogP contribution in [0.15, 0.2) is 18.2 Å². The fourth-order valence-electron chi connectivity index (χ4n) is 2.15. The minimum absolute atomic E-state index is 0.115. The van der Waals surface area contributed by atoms with E-state index in [4.69, 9.17) is 10.5 Å². The third-order valence-electron chi connectivity index (χ3n) is 2.78. The van der Waals surface area contributed by atoms with Crippen LogP contribution in [0.5, 0.6) is 0 Å². The fourth-order valence-corrected chi connectivity index (χ4v) is 2.15. The second kappa shape index (κ2) is 6.02. The number of rotatable bonds is 5. The lowest BCUT2D eigenvalue weighted by molar-refractivity contribution is 0.152. The lowest BCUT2D eigenvalue weighted by atomic mass is 9.95. The van der Waals surface area contributed by atoms with Gasteiger partial charge < -0.3 is 10.5 Å². The lowest BCUT2D eigenvalue weighted by Crippen LogP contribution is -2.16. The maximum absolute atomic E-state index is 6.21. The highest BCUT2D eigenvalue weighted by Crippen LogP contribution is 2.21. The number of hydrogen-bond donors (Lipinski definition) is 1. The van der Waals surface area contributed by atoms with Crippen molar-refractivity contribution in [2.24, 2.45) is 11.7 Å². The first kappa shape index (κ1) is 13.2. The molecule has 2 N–H and O–H groups in total. The fraction of sp³-hybridized carbons (Fsp3) is 0.571. The number of benzene rings is 1. The summed E-state index contributed by atoms with van der Waals surface area (Å²) < 4.78 is 5.13. The van der Waals surface area contributed by atoms with Gasteiger partial charge in [0.1, 0.15) is 0 Å². The van der Waals surface area contributed by atoms with Crippen molar-refractivity contribution in [3.05, 3.63) is 34.9 Å². The lowest BCUT2D eigenvalue weighted by Gasteiger charge is -2.18. The van der Waals surface area contributed by atoms with E-state index < -0.39 is 0 Å². The molecule has 2 nitrogen and oxygen atoms in total. The van der Waals surface area contributed by atoms with E-state index in [9.17, 15) is 0 Å². The van der Waals surface area contributed by atoms with E-state index in [1.807, 2.05) is 0 Å². The Balaban J connectivity index is 2.68. The van der Waals surface area contributed by atoms with Crippen LogP contribution >= 0.6 is 0 Å². The van der Waals surface area contributed by atoms with Crippen LogP contribution in [0.1, 0.15) is 36.1 Å². The number of aryl methyl sites for hydroxylation is 2. The molecule has 0 aromatic heterocycles. The van der Waals surface area contributed by atoms with Gasteiger partial charge in [0.2, 0.25) is 0 Å². The Morgan fingerprint density at radius 1 is 1.19 bits per heavy atom. The summed E-state index contributed by atoms with van der Waals surface area (Å²) in [6.07, 6.45) is 0.969. The highest BCUT2D eigenvalue weighted by Gasteiger charge is 2.11. The van der Waals surface area contributed by atoms with Crippen LogP contribution in [0.4, 0.5) is 0 Å². The molecule has 0 amide bonds. The predicted molar refractivity (Wildman–Crippen MR) is 68.5 cm³/mol. The summed E-state index contributed by atoms with van der Waals surface area (Å²) in [7, 11) is 1.73. The topological polar surface area (TPSA) is 35.2 Å². The molecular weight excluding hydrogens is 198 g/mol. The van der Waals surface area contributed by atoms with E-state index >= 15 is 0 Å². The third kappa shape index (κ3) is 3.95. The molecule has 0 spiro atoms. The Hall–Kier alpha value is -0.860. The zero-order valence-electron chi connectivity index (χ0n) is 10.8.